The Morgan fingerprint density at radius 3 is 3.19 bits per heavy atom. The second-order valence-corrected chi connectivity index (χ2v) is 4.21. The summed E-state index contributed by atoms with van der Waals surface area (Å²) in [5.41, 5.74) is 6.23. The van der Waals surface area contributed by atoms with Gasteiger partial charge in [0.25, 0.3) is 5.91 Å². The molecule has 1 unspecified atom stereocenters. The van der Waals surface area contributed by atoms with Crippen molar-refractivity contribution in [1.82, 2.24) is 15.1 Å². The number of H-pyrrole nitrogens is 1. The van der Waals surface area contributed by atoms with Crippen molar-refractivity contribution in [3.63, 3.8) is 0 Å². The minimum absolute atomic E-state index is 0.0758. The summed E-state index contributed by atoms with van der Waals surface area (Å²) >= 11 is 0. The van der Waals surface area contributed by atoms with Gasteiger partial charge in [-0.3, -0.25) is 9.89 Å². The SMILES string of the molecule is NCCC1CCCCN1C(=O)c1cn[nH]c1. The van der Waals surface area contributed by atoms with Crippen LogP contribution in [0, 0.1) is 0 Å². The number of nitrogens with zero attached hydrogens (tertiary/aromatic N) is 2. The number of aromatic amines is 1. The zero-order valence-corrected chi connectivity index (χ0v) is 9.35. The molecule has 1 aromatic rings. The maximum atomic E-state index is 12.2. The first-order chi connectivity index (χ1) is 7.83. The monoisotopic (exact) mass is 222 g/mol. The zero-order chi connectivity index (χ0) is 11.4. The Balaban J connectivity index is 2.08. The van der Waals surface area contributed by atoms with Gasteiger partial charge >= 0.3 is 0 Å². The highest BCUT2D eigenvalue weighted by atomic mass is 16.2. The summed E-state index contributed by atoms with van der Waals surface area (Å²) in [6.07, 6.45) is 7.47. The number of carbonyl (C=O) groups excluding carboxylic acids is 1. The van der Waals surface area contributed by atoms with Gasteiger partial charge in [0.15, 0.2) is 0 Å². The number of amides is 1. The fourth-order valence-corrected chi connectivity index (χ4v) is 2.29. The number of hydrogen-bond acceptors (Lipinski definition) is 3. The number of rotatable bonds is 3. The highest BCUT2D eigenvalue weighted by molar-refractivity contribution is 5.93. The van der Waals surface area contributed by atoms with Gasteiger partial charge in [-0.2, -0.15) is 5.10 Å². The molecule has 0 bridgehead atoms. The number of nitrogens with two attached hydrogens (primary N) is 1. The third kappa shape index (κ3) is 2.24. The summed E-state index contributed by atoms with van der Waals surface area (Å²) in [6.45, 7) is 1.48. The molecule has 88 valence electrons. The second-order valence-electron chi connectivity index (χ2n) is 4.21. The van der Waals surface area contributed by atoms with Crippen LogP contribution in [0.5, 0.6) is 0 Å². The summed E-state index contributed by atoms with van der Waals surface area (Å²) in [5.74, 6) is 0.0758. The highest BCUT2D eigenvalue weighted by Gasteiger charge is 2.27. The lowest BCUT2D eigenvalue weighted by molar-refractivity contribution is 0.0605. The molecule has 1 aliphatic rings. The Hall–Kier alpha value is -1.36. The van der Waals surface area contributed by atoms with Gasteiger partial charge in [0.05, 0.1) is 11.8 Å². The zero-order valence-electron chi connectivity index (χ0n) is 9.35. The lowest BCUT2D eigenvalue weighted by Gasteiger charge is -2.35. The van der Waals surface area contributed by atoms with Crippen LogP contribution < -0.4 is 5.73 Å². The van der Waals surface area contributed by atoms with Crippen LogP contribution in [0.3, 0.4) is 0 Å². The number of piperidine rings is 1. The van der Waals surface area contributed by atoms with Crippen molar-refractivity contribution < 1.29 is 4.79 Å². The number of carbonyl (C=O) groups is 1. The molecule has 1 saturated heterocycles. The van der Waals surface area contributed by atoms with Crippen LogP contribution in [0.1, 0.15) is 36.0 Å². The molecule has 1 aromatic heterocycles. The Morgan fingerprint density at radius 2 is 2.50 bits per heavy atom. The molecule has 0 saturated carbocycles. The number of likely N-dealkylation sites (tertiary alicyclic amines) is 1. The maximum Gasteiger partial charge on any atom is 0.257 e. The fourth-order valence-electron chi connectivity index (χ4n) is 2.29. The van der Waals surface area contributed by atoms with Crippen LogP contribution >= 0.6 is 0 Å². The van der Waals surface area contributed by atoms with E-state index >= 15 is 0 Å². The first-order valence-electron chi connectivity index (χ1n) is 5.82. The molecule has 2 rings (SSSR count). The average molecular weight is 222 g/mol. The molecule has 16 heavy (non-hydrogen) atoms. The van der Waals surface area contributed by atoms with Gasteiger partial charge in [0.2, 0.25) is 0 Å². The van der Waals surface area contributed by atoms with Gasteiger partial charge in [0, 0.05) is 18.8 Å². The summed E-state index contributed by atoms with van der Waals surface area (Å²) in [6, 6.07) is 0.307. The molecule has 3 N–H and O–H groups in total. The van der Waals surface area contributed by atoms with Crippen molar-refractivity contribution in [2.75, 3.05) is 13.1 Å². The fraction of sp³-hybridized carbons (Fsp3) is 0.636. The molecular formula is C11H18N4O. The standard InChI is InChI=1S/C11H18N4O/c12-5-4-10-3-1-2-6-15(10)11(16)9-7-13-14-8-9/h7-8,10H,1-6,12H2,(H,13,14). The Morgan fingerprint density at radius 1 is 1.62 bits per heavy atom. The molecule has 1 amide bonds. The average Bonchev–Trinajstić information content (AvgIpc) is 2.83. The van der Waals surface area contributed by atoms with Gasteiger partial charge in [0.1, 0.15) is 0 Å². The molecule has 0 aliphatic carbocycles. The van der Waals surface area contributed by atoms with Crippen LogP contribution in [0.2, 0.25) is 0 Å². The number of nitrogens with one attached hydrogen (secondary N) is 1. The first kappa shape index (κ1) is 11.1. The van der Waals surface area contributed by atoms with Crippen LogP contribution in [-0.2, 0) is 0 Å². The molecule has 1 aliphatic heterocycles. The van der Waals surface area contributed by atoms with E-state index in [1.165, 1.54) is 6.42 Å². The lowest BCUT2D eigenvalue weighted by Crippen LogP contribution is -2.44. The summed E-state index contributed by atoms with van der Waals surface area (Å²) in [7, 11) is 0. The quantitative estimate of drug-likeness (QED) is 0.792. The molecular weight excluding hydrogens is 204 g/mol. The van der Waals surface area contributed by atoms with E-state index in [9.17, 15) is 4.79 Å². The van der Waals surface area contributed by atoms with Gasteiger partial charge in [-0.05, 0) is 32.2 Å². The number of aromatic nitrogens is 2. The molecule has 5 nitrogen and oxygen atoms in total. The topological polar surface area (TPSA) is 75.0 Å². The lowest BCUT2D eigenvalue weighted by atomic mass is 9.98. The molecule has 1 fully saturated rings. The van der Waals surface area contributed by atoms with E-state index in [1.807, 2.05) is 4.90 Å². The van der Waals surface area contributed by atoms with Crippen molar-refractivity contribution in [1.29, 1.82) is 0 Å². The van der Waals surface area contributed by atoms with Crippen molar-refractivity contribution in [2.24, 2.45) is 5.73 Å². The van der Waals surface area contributed by atoms with E-state index in [4.69, 9.17) is 5.73 Å². The first-order valence-corrected chi connectivity index (χ1v) is 5.82. The maximum absolute atomic E-state index is 12.2. The molecule has 2 heterocycles. The normalized spacial score (nSPS) is 21.1. The third-order valence-electron chi connectivity index (χ3n) is 3.13. The van der Waals surface area contributed by atoms with Crippen LogP contribution in [0.4, 0.5) is 0 Å². The van der Waals surface area contributed by atoms with E-state index in [0.717, 1.165) is 25.8 Å². The number of hydrogen-bond donors (Lipinski definition) is 2. The van der Waals surface area contributed by atoms with Gasteiger partial charge < -0.3 is 10.6 Å². The van der Waals surface area contributed by atoms with E-state index in [1.54, 1.807) is 12.4 Å². The van der Waals surface area contributed by atoms with Crippen molar-refractivity contribution >= 4 is 5.91 Å². The molecule has 5 heteroatoms. The Labute approximate surface area is 95.0 Å². The van der Waals surface area contributed by atoms with E-state index in [2.05, 4.69) is 10.2 Å². The second kappa shape index (κ2) is 5.12. The molecule has 0 radical (unpaired) electrons. The predicted octanol–water partition coefficient (Wildman–Crippen LogP) is 0.753. The minimum atomic E-state index is 0.0758. The minimum Gasteiger partial charge on any atom is -0.336 e. The Kier molecular flexibility index (Phi) is 3.56. The Bertz CT molecular complexity index is 334. The smallest absolute Gasteiger partial charge is 0.257 e. The van der Waals surface area contributed by atoms with E-state index in [0.29, 0.717) is 18.2 Å². The van der Waals surface area contributed by atoms with Crippen molar-refractivity contribution in [2.45, 2.75) is 31.7 Å². The van der Waals surface area contributed by atoms with E-state index in [-0.39, 0.29) is 5.91 Å². The van der Waals surface area contributed by atoms with Gasteiger partial charge in [-0.15, -0.1) is 0 Å². The van der Waals surface area contributed by atoms with E-state index < -0.39 is 0 Å². The van der Waals surface area contributed by atoms with Crippen molar-refractivity contribution in [3.05, 3.63) is 18.0 Å². The highest BCUT2D eigenvalue weighted by Crippen LogP contribution is 2.21. The summed E-state index contributed by atoms with van der Waals surface area (Å²) < 4.78 is 0. The van der Waals surface area contributed by atoms with Crippen LogP contribution in [0.15, 0.2) is 12.4 Å². The van der Waals surface area contributed by atoms with Crippen LogP contribution in [0.25, 0.3) is 0 Å². The third-order valence-corrected chi connectivity index (χ3v) is 3.13. The molecule has 1 atom stereocenters. The van der Waals surface area contributed by atoms with Crippen molar-refractivity contribution in [3.8, 4) is 0 Å². The summed E-state index contributed by atoms with van der Waals surface area (Å²) in [5, 5.41) is 6.49. The largest absolute Gasteiger partial charge is 0.336 e. The molecule has 0 spiro atoms. The van der Waals surface area contributed by atoms with Crippen LogP contribution in [-0.4, -0.2) is 40.1 Å². The van der Waals surface area contributed by atoms with Gasteiger partial charge in [-0.1, -0.05) is 0 Å². The van der Waals surface area contributed by atoms with Gasteiger partial charge in [-0.25, -0.2) is 0 Å². The summed E-state index contributed by atoms with van der Waals surface area (Å²) in [4.78, 5) is 14.1. The predicted molar refractivity (Wildman–Crippen MR) is 60.9 cm³/mol. The molecule has 0 aromatic carbocycles.